The summed E-state index contributed by atoms with van der Waals surface area (Å²) in [6.45, 7) is 2.00. The Morgan fingerprint density at radius 3 is 2.42 bits per heavy atom. The summed E-state index contributed by atoms with van der Waals surface area (Å²) in [5, 5.41) is 9.46. The van der Waals surface area contributed by atoms with E-state index in [-0.39, 0.29) is 18.5 Å². The van der Waals surface area contributed by atoms with E-state index in [2.05, 4.69) is 0 Å². The van der Waals surface area contributed by atoms with Crippen LogP contribution in [0.25, 0.3) is 0 Å². The van der Waals surface area contributed by atoms with Crippen LogP contribution in [-0.4, -0.2) is 37.0 Å². The Labute approximate surface area is 184 Å². The summed E-state index contributed by atoms with van der Waals surface area (Å²) in [6.07, 6.45) is 5.95. The highest BCUT2D eigenvalue weighted by molar-refractivity contribution is 7.91. The van der Waals surface area contributed by atoms with E-state index in [1.165, 1.54) is 12.0 Å². The zero-order chi connectivity index (χ0) is 22.0. The first-order valence-corrected chi connectivity index (χ1v) is 12.4. The molecule has 0 saturated heterocycles. The predicted molar refractivity (Wildman–Crippen MR) is 119 cm³/mol. The van der Waals surface area contributed by atoms with E-state index < -0.39 is 15.8 Å². The van der Waals surface area contributed by atoms with E-state index in [1.807, 2.05) is 24.0 Å². The maximum Gasteiger partial charge on any atom is 0.323 e. The normalized spacial score (nSPS) is 21.6. The van der Waals surface area contributed by atoms with Crippen molar-refractivity contribution in [3.63, 3.8) is 0 Å². The number of rotatable bonds is 6. The van der Waals surface area contributed by atoms with Crippen molar-refractivity contribution < 1.29 is 18.3 Å². The maximum atomic E-state index is 13.4. The van der Waals surface area contributed by atoms with Gasteiger partial charge in [0.05, 0.1) is 9.79 Å². The first kappa shape index (κ1) is 21.6. The van der Waals surface area contributed by atoms with E-state index in [4.69, 9.17) is 0 Å². The second-order valence-electron chi connectivity index (χ2n) is 8.55. The summed E-state index contributed by atoms with van der Waals surface area (Å²) in [5.41, 5.74) is 2.98. The lowest BCUT2D eigenvalue weighted by Crippen LogP contribution is -2.37. The smallest absolute Gasteiger partial charge is 0.323 e. The van der Waals surface area contributed by atoms with Crippen molar-refractivity contribution in [3.05, 3.63) is 71.4 Å². The number of carboxylic acid groups (broad SMARTS) is 1. The maximum absolute atomic E-state index is 13.4. The van der Waals surface area contributed by atoms with Gasteiger partial charge >= 0.3 is 5.97 Å². The molecular formula is C25H29NO4S. The molecule has 2 aliphatic rings. The molecule has 0 amide bonds. The van der Waals surface area contributed by atoms with Crippen molar-refractivity contribution in [3.8, 4) is 0 Å². The molecule has 1 N–H and O–H groups in total. The molecule has 2 aromatic carbocycles. The van der Waals surface area contributed by atoms with Gasteiger partial charge in [-0.05, 0) is 55.5 Å². The highest BCUT2D eigenvalue weighted by Gasteiger charge is 2.40. The second kappa shape index (κ2) is 8.87. The van der Waals surface area contributed by atoms with Crippen molar-refractivity contribution in [2.75, 3.05) is 6.54 Å². The minimum Gasteiger partial charge on any atom is -0.480 e. The lowest BCUT2D eigenvalue weighted by molar-refractivity contribution is -0.138. The van der Waals surface area contributed by atoms with Crippen LogP contribution in [0.15, 0.2) is 75.7 Å². The van der Waals surface area contributed by atoms with Crippen molar-refractivity contribution in [2.45, 2.75) is 61.3 Å². The first-order chi connectivity index (χ1) is 14.9. The molecule has 2 atom stereocenters. The first-order valence-electron chi connectivity index (χ1n) is 11.0. The molecule has 0 bridgehead atoms. The van der Waals surface area contributed by atoms with E-state index in [1.54, 1.807) is 42.5 Å². The van der Waals surface area contributed by atoms with Crippen LogP contribution in [0.4, 0.5) is 0 Å². The van der Waals surface area contributed by atoms with Crippen LogP contribution < -0.4 is 0 Å². The number of hydrogen-bond acceptors (Lipinski definition) is 4. The molecule has 164 valence electrons. The summed E-state index contributed by atoms with van der Waals surface area (Å²) in [5.74, 6) is -0.537. The van der Waals surface area contributed by atoms with Gasteiger partial charge in [0.2, 0.25) is 9.84 Å². The third kappa shape index (κ3) is 4.26. The molecule has 5 nitrogen and oxygen atoms in total. The number of hydrogen-bond donors (Lipinski definition) is 1. The lowest BCUT2D eigenvalue weighted by atomic mass is 9.86. The Bertz CT molecular complexity index is 1090. The van der Waals surface area contributed by atoms with Crippen LogP contribution in [-0.2, 0) is 21.1 Å². The number of benzene rings is 2. The predicted octanol–water partition coefficient (Wildman–Crippen LogP) is 4.69. The molecule has 1 aliphatic carbocycles. The molecule has 4 rings (SSSR count). The fourth-order valence-electron chi connectivity index (χ4n) is 5.25. The number of fused-ring (bicyclic) bond motifs is 1. The number of carbonyl (C=O) groups is 1. The molecule has 1 aliphatic heterocycles. The molecule has 6 heteroatoms. The van der Waals surface area contributed by atoms with Crippen molar-refractivity contribution in [1.29, 1.82) is 0 Å². The highest BCUT2D eigenvalue weighted by Crippen LogP contribution is 2.43. The van der Waals surface area contributed by atoms with E-state index in [0.29, 0.717) is 16.2 Å². The summed E-state index contributed by atoms with van der Waals surface area (Å²) >= 11 is 0. The van der Waals surface area contributed by atoms with Crippen LogP contribution in [0.2, 0.25) is 0 Å². The Morgan fingerprint density at radius 2 is 1.68 bits per heavy atom. The van der Waals surface area contributed by atoms with Crippen LogP contribution in [0.1, 0.15) is 44.6 Å². The van der Waals surface area contributed by atoms with Gasteiger partial charge in [-0.15, -0.1) is 0 Å². The van der Waals surface area contributed by atoms with Crippen LogP contribution >= 0.6 is 0 Å². The third-order valence-electron chi connectivity index (χ3n) is 6.73. The zero-order valence-corrected chi connectivity index (χ0v) is 18.6. The van der Waals surface area contributed by atoms with E-state index in [9.17, 15) is 18.3 Å². The number of sulfone groups is 1. The second-order valence-corrected chi connectivity index (χ2v) is 10.5. The molecule has 0 aromatic heterocycles. The number of nitrogens with zero attached hydrogens (tertiary/aromatic N) is 1. The molecule has 1 heterocycles. The molecule has 0 spiro atoms. The minimum atomic E-state index is -3.63. The summed E-state index contributed by atoms with van der Waals surface area (Å²) in [6, 6.07) is 15.9. The molecule has 1 saturated carbocycles. The topological polar surface area (TPSA) is 74.7 Å². The van der Waals surface area contributed by atoms with E-state index >= 15 is 0 Å². The Morgan fingerprint density at radius 1 is 1.00 bits per heavy atom. The fraction of sp³-hybridized carbons (Fsp3) is 0.400. The molecule has 2 aromatic rings. The van der Waals surface area contributed by atoms with Crippen LogP contribution in [0, 0.1) is 5.92 Å². The molecule has 0 radical (unpaired) electrons. The average Bonchev–Trinajstić information content (AvgIpc) is 2.92. The molecule has 1 fully saturated rings. The van der Waals surface area contributed by atoms with Gasteiger partial charge in [-0.25, -0.2) is 8.42 Å². The van der Waals surface area contributed by atoms with Crippen molar-refractivity contribution in [1.82, 2.24) is 4.90 Å². The lowest BCUT2D eigenvalue weighted by Gasteiger charge is -2.29. The van der Waals surface area contributed by atoms with Gasteiger partial charge in [0.1, 0.15) is 6.54 Å². The largest absolute Gasteiger partial charge is 0.480 e. The SMILES string of the molecule is CC1=C(Cc2ccccc2S(=O)(=O)c2ccccc2)C2CCCCCC2N1CC(=O)O. The van der Waals surface area contributed by atoms with Crippen molar-refractivity contribution >= 4 is 15.8 Å². The summed E-state index contributed by atoms with van der Waals surface area (Å²) in [7, 11) is -3.63. The monoisotopic (exact) mass is 439 g/mol. The molecular weight excluding hydrogens is 410 g/mol. The van der Waals surface area contributed by atoms with Crippen LogP contribution in [0.5, 0.6) is 0 Å². The average molecular weight is 440 g/mol. The Kier molecular flexibility index (Phi) is 6.19. The minimum absolute atomic E-state index is 0.000457. The van der Waals surface area contributed by atoms with Gasteiger partial charge in [-0.3, -0.25) is 4.79 Å². The van der Waals surface area contributed by atoms with E-state index in [0.717, 1.165) is 36.9 Å². The number of carboxylic acids is 1. The number of aliphatic carboxylic acids is 1. The molecule has 2 unspecified atom stereocenters. The highest BCUT2D eigenvalue weighted by atomic mass is 32.2. The zero-order valence-electron chi connectivity index (χ0n) is 17.8. The fourth-order valence-corrected chi connectivity index (χ4v) is 6.77. The molecule has 31 heavy (non-hydrogen) atoms. The number of allylic oxidation sites excluding steroid dienone is 1. The third-order valence-corrected chi connectivity index (χ3v) is 8.60. The van der Waals surface area contributed by atoms with Gasteiger partial charge < -0.3 is 10.0 Å². The van der Waals surface area contributed by atoms with Gasteiger partial charge in [-0.1, -0.05) is 55.7 Å². The van der Waals surface area contributed by atoms with Gasteiger partial charge in [0.25, 0.3) is 0 Å². The Balaban J connectivity index is 1.73. The summed E-state index contributed by atoms with van der Waals surface area (Å²) in [4.78, 5) is 14.2. The van der Waals surface area contributed by atoms with Crippen LogP contribution in [0.3, 0.4) is 0 Å². The summed E-state index contributed by atoms with van der Waals surface area (Å²) < 4.78 is 26.7. The quantitative estimate of drug-likeness (QED) is 0.707. The van der Waals surface area contributed by atoms with Gasteiger partial charge in [-0.2, -0.15) is 0 Å². The van der Waals surface area contributed by atoms with Crippen molar-refractivity contribution in [2.24, 2.45) is 5.92 Å². The standard InChI is InChI=1S/C25H29NO4S/c1-18-22(21-13-6-3-7-14-23(21)26(18)17-25(27)28)16-19-10-8-9-15-24(19)31(29,30)20-11-4-2-5-12-20/h2,4-5,8-12,15,21,23H,3,6-7,13-14,16-17H2,1H3,(H,27,28). The van der Waals surface area contributed by atoms with Gasteiger partial charge in [0.15, 0.2) is 0 Å². The Hall–Kier alpha value is -2.60. The van der Waals surface area contributed by atoms with Gasteiger partial charge in [0, 0.05) is 17.7 Å².